The molecule has 0 spiro atoms. The van der Waals surface area contributed by atoms with Crippen LogP contribution in [0, 0.1) is 11.7 Å². The highest BCUT2D eigenvalue weighted by molar-refractivity contribution is 7.09. The molecule has 1 saturated heterocycles. The molecule has 26 heavy (non-hydrogen) atoms. The summed E-state index contributed by atoms with van der Waals surface area (Å²) in [5.74, 6) is -0.727. The molecular formula is C20H22FNO3S. The van der Waals surface area contributed by atoms with Crippen molar-refractivity contribution in [2.24, 2.45) is 5.92 Å². The fourth-order valence-corrected chi connectivity index (χ4v) is 4.03. The number of Topliss-reactive ketones (excluding diaryl/α,β-unsaturated/α-hetero) is 1. The number of amides is 1. The average Bonchev–Trinajstić information content (AvgIpc) is 3.19. The summed E-state index contributed by atoms with van der Waals surface area (Å²) in [6.07, 6.45) is 2.70. The number of likely N-dealkylation sites (tertiary alicyclic amines) is 1. The number of benzene rings is 1. The number of nitrogens with zero attached hydrogens (tertiary/aromatic N) is 1. The summed E-state index contributed by atoms with van der Waals surface area (Å²) in [5, 5.41) is 2.00. The number of carbonyl (C=O) groups excluding carboxylic acids is 2. The lowest BCUT2D eigenvalue weighted by Crippen LogP contribution is -2.42. The third kappa shape index (κ3) is 4.30. The maximum Gasteiger partial charge on any atom is 0.222 e. The van der Waals surface area contributed by atoms with Crippen LogP contribution in [-0.4, -0.2) is 36.8 Å². The zero-order chi connectivity index (χ0) is 18.5. The van der Waals surface area contributed by atoms with Crippen LogP contribution in [0.25, 0.3) is 0 Å². The molecule has 0 unspecified atom stereocenters. The van der Waals surface area contributed by atoms with Gasteiger partial charge in [0.1, 0.15) is 0 Å². The molecule has 1 amide bonds. The van der Waals surface area contributed by atoms with E-state index in [0.717, 1.165) is 19.3 Å². The van der Waals surface area contributed by atoms with Crippen molar-refractivity contribution in [2.45, 2.75) is 25.7 Å². The van der Waals surface area contributed by atoms with Gasteiger partial charge < -0.3 is 9.64 Å². The molecule has 2 heterocycles. The van der Waals surface area contributed by atoms with Gasteiger partial charge in [0.2, 0.25) is 5.91 Å². The Labute approximate surface area is 156 Å². The maximum absolute atomic E-state index is 13.9. The Morgan fingerprint density at radius 3 is 2.88 bits per heavy atom. The summed E-state index contributed by atoms with van der Waals surface area (Å²) in [4.78, 5) is 28.2. The summed E-state index contributed by atoms with van der Waals surface area (Å²) in [5.41, 5.74) is 0.334. The molecule has 1 aromatic carbocycles. The zero-order valence-electron chi connectivity index (χ0n) is 14.7. The van der Waals surface area contributed by atoms with Crippen LogP contribution in [0.2, 0.25) is 0 Å². The third-order valence-corrected chi connectivity index (χ3v) is 5.68. The standard InChI is InChI=1S/C20H22FNO3S/c1-25-18-8-6-14(12-17(18)21)20(24)15-4-2-10-22(13-15)19(23)9-7-16-5-3-11-26-16/h3,5-6,8,11-12,15H,2,4,7,9-10,13H2,1H3/t15-/m1/s1. The lowest BCUT2D eigenvalue weighted by Gasteiger charge is -2.32. The number of rotatable bonds is 6. The number of methoxy groups -OCH3 is 1. The molecule has 0 N–H and O–H groups in total. The van der Waals surface area contributed by atoms with Gasteiger partial charge >= 0.3 is 0 Å². The van der Waals surface area contributed by atoms with E-state index in [1.165, 1.54) is 24.1 Å². The number of hydrogen-bond acceptors (Lipinski definition) is 4. The van der Waals surface area contributed by atoms with E-state index in [1.807, 2.05) is 17.5 Å². The first-order valence-electron chi connectivity index (χ1n) is 8.76. The molecule has 0 saturated carbocycles. The molecule has 1 aliphatic rings. The van der Waals surface area contributed by atoms with E-state index < -0.39 is 5.82 Å². The molecule has 1 fully saturated rings. The van der Waals surface area contributed by atoms with Gasteiger partial charge in [0.25, 0.3) is 0 Å². The smallest absolute Gasteiger partial charge is 0.222 e. The van der Waals surface area contributed by atoms with Gasteiger partial charge in [-0.2, -0.15) is 0 Å². The van der Waals surface area contributed by atoms with E-state index >= 15 is 0 Å². The van der Waals surface area contributed by atoms with Gasteiger partial charge in [0.05, 0.1) is 7.11 Å². The fourth-order valence-electron chi connectivity index (χ4n) is 3.32. The minimum atomic E-state index is -0.543. The van der Waals surface area contributed by atoms with E-state index in [-0.39, 0.29) is 23.4 Å². The van der Waals surface area contributed by atoms with Crippen LogP contribution in [0.15, 0.2) is 35.7 Å². The minimum Gasteiger partial charge on any atom is -0.494 e. The van der Waals surface area contributed by atoms with Crippen LogP contribution >= 0.6 is 11.3 Å². The normalized spacial score (nSPS) is 17.2. The van der Waals surface area contributed by atoms with Crippen LogP contribution in [-0.2, 0) is 11.2 Å². The van der Waals surface area contributed by atoms with Crippen molar-refractivity contribution >= 4 is 23.0 Å². The predicted molar refractivity (Wildman–Crippen MR) is 99.2 cm³/mol. The molecule has 1 aliphatic heterocycles. The lowest BCUT2D eigenvalue weighted by molar-refractivity contribution is -0.132. The van der Waals surface area contributed by atoms with Crippen LogP contribution in [0.4, 0.5) is 4.39 Å². The van der Waals surface area contributed by atoms with E-state index in [4.69, 9.17) is 4.74 Å². The second-order valence-electron chi connectivity index (χ2n) is 6.47. The van der Waals surface area contributed by atoms with Crippen LogP contribution < -0.4 is 4.74 Å². The van der Waals surface area contributed by atoms with Gasteiger partial charge in [-0.1, -0.05) is 6.07 Å². The van der Waals surface area contributed by atoms with Crippen molar-refractivity contribution in [2.75, 3.05) is 20.2 Å². The summed E-state index contributed by atoms with van der Waals surface area (Å²) >= 11 is 1.65. The third-order valence-electron chi connectivity index (χ3n) is 4.75. The van der Waals surface area contributed by atoms with Crippen molar-refractivity contribution in [3.05, 3.63) is 52.0 Å². The van der Waals surface area contributed by atoms with Crippen molar-refractivity contribution in [1.29, 1.82) is 0 Å². The second kappa shape index (κ2) is 8.45. The minimum absolute atomic E-state index is 0.0804. The van der Waals surface area contributed by atoms with E-state index in [2.05, 4.69) is 0 Å². The number of hydrogen-bond donors (Lipinski definition) is 0. The van der Waals surface area contributed by atoms with Crippen molar-refractivity contribution in [3.63, 3.8) is 0 Å². The number of piperidine rings is 1. The number of halogens is 1. The molecule has 138 valence electrons. The molecule has 1 aromatic heterocycles. The van der Waals surface area contributed by atoms with Gasteiger partial charge in [-0.3, -0.25) is 9.59 Å². The Hall–Kier alpha value is -2.21. The van der Waals surface area contributed by atoms with Crippen LogP contribution in [0.1, 0.15) is 34.5 Å². The van der Waals surface area contributed by atoms with Crippen molar-refractivity contribution in [1.82, 2.24) is 4.90 Å². The monoisotopic (exact) mass is 375 g/mol. The first-order chi connectivity index (χ1) is 12.6. The van der Waals surface area contributed by atoms with Gasteiger partial charge in [-0.05, 0) is 48.9 Å². The van der Waals surface area contributed by atoms with Crippen molar-refractivity contribution < 1.29 is 18.7 Å². The molecule has 0 bridgehead atoms. The number of carbonyl (C=O) groups is 2. The topological polar surface area (TPSA) is 46.6 Å². The Balaban J connectivity index is 1.61. The quantitative estimate of drug-likeness (QED) is 0.718. The molecule has 3 rings (SSSR count). The molecule has 1 atom stereocenters. The summed E-state index contributed by atoms with van der Waals surface area (Å²) in [6.45, 7) is 1.10. The van der Waals surface area contributed by atoms with Gasteiger partial charge in [0.15, 0.2) is 17.3 Å². The van der Waals surface area contributed by atoms with E-state index in [0.29, 0.717) is 25.1 Å². The predicted octanol–water partition coefficient (Wildman–Crippen LogP) is 3.95. The highest BCUT2D eigenvalue weighted by atomic mass is 32.1. The lowest BCUT2D eigenvalue weighted by atomic mass is 9.89. The number of aryl methyl sites for hydroxylation is 1. The highest BCUT2D eigenvalue weighted by Gasteiger charge is 2.29. The van der Waals surface area contributed by atoms with Crippen LogP contribution in [0.5, 0.6) is 5.75 Å². The summed E-state index contributed by atoms with van der Waals surface area (Å²) in [7, 11) is 1.39. The van der Waals surface area contributed by atoms with E-state index in [9.17, 15) is 14.0 Å². The molecule has 4 nitrogen and oxygen atoms in total. The molecule has 0 aliphatic carbocycles. The first-order valence-corrected chi connectivity index (χ1v) is 9.64. The largest absolute Gasteiger partial charge is 0.494 e. The molecule has 6 heteroatoms. The van der Waals surface area contributed by atoms with Gasteiger partial charge in [0, 0.05) is 35.9 Å². The van der Waals surface area contributed by atoms with Crippen molar-refractivity contribution in [3.8, 4) is 5.75 Å². The Bertz CT molecular complexity index is 775. The number of ether oxygens (including phenoxy) is 1. The Morgan fingerprint density at radius 1 is 1.35 bits per heavy atom. The summed E-state index contributed by atoms with van der Waals surface area (Å²) in [6, 6.07) is 8.28. The number of thiophene rings is 1. The second-order valence-corrected chi connectivity index (χ2v) is 7.50. The number of ketones is 1. The Kier molecular flexibility index (Phi) is 6.04. The van der Waals surface area contributed by atoms with E-state index in [1.54, 1.807) is 22.3 Å². The van der Waals surface area contributed by atoms with Gasteiger partial charge in [-0.15, -0.1) is 11.3 Å². The van der Waals surface area contributed by atoms with Crippen LogP contribution in [0.3, 0.4) is 0 Å². The maximum atomic E-state index is 13.9. The molecule has 2 aromatic rings. The SMILES string of the molecule is COc1ccc(C(=O)[C@@H]2CCCN(C(=O)CCc3cccs3)C2)cc1F. The zero-order valence-corrected chi connectivity index (χ0v) is 15.6. The summed E-state index contributed by atoms with van der Waals surface area (Å²) < 4.78 is 18.8. The Morgan fingerprint density at radius 2 is 2.19 bits per heavy atom. The average molecular weight is 375 g/mol. The highest BCUT2D eigenvalue weighted by Crippen LogP contribution is 2.25. The first kappa shape index (κ1) is 18.6. The fraction of sp³-hybridized carbons (Fsp3) is 0.400. The molecular weight excluding hydrogens is 353 g/mol. The van der Waals surface area contributed by atoms with Gasteiger partial charge in [-0.25, -0.2) is 4.39 Å². The molecule has 0 radical (unpaired) electrons.